The number of rotatable bonds is 7. The van der Waals surface area contributed by atoms with Gasteiger partial charge in [-0.15, -0.1) is 11.3 Å². The van der Waals surface area contributed by atoms with Gasteiger partial charge < -0.3 is 5.32 Å². The summed E-state index contributed by atoms with van der Waals surface area (Å²) in [7, 11) is 0. The third-order valence-electron chi connectivity index (χ3n) is 3.20. The first kappa shape index (κ1) is 15.3. The van der Waals surface area contributed by atoms with Crippen molar-refractivity contribution in [3.8, 4) is 0 Å². The molecule has 20 heavy (non-hydrogen) atoms. The Morgan fingerprint density at radius 1 is 1.30 bits per heavy atom. The van der Waals surface area contributed by atoms with Crippen LogP contribution in [0.25, 0.3) is 0 Å². The first-order valence-electron chi connectivity index (χ1n) is 6.86. The Morgan fingerprint density at radius 3 is 2.75 bits per heavy atom. The van der Waals surface area contributed by atoms with E-state index in [0.717, 1.165) is 34.7 Å². The van der Waals surface area contributed by atoms with Crippen LogP contribution < -0.4 is 5.32 Å². The zero-order valence-electron chi connectivity index (χ0n) is 11.9. The molecule has 2 rings (SSSR count). The summed E-state index contributed by atoms with van der Waals surface area (Å²) in [5.41, 5.74) is 2.46. The molecule has 2 aromatic rings. The molecule has 3 nitrogen and oxygen atoms in total. The minimum Gasteiger partial charge on any atom is -0.379 e. The number of nitrogens with zero attached hydrogens (tertiary/aromatic N) is 2. The van der Waals surface area contributed by atoms with E-state index in [1.165, 1.54) is 16.9 Å². The predicted molar refractivity (Wildman–Crippen MR) is 87.5 cm³/mol. The van der Waals surface area contributed by atoms with Gasteiger partial charge in [0.05, 0.1) is 12.7 Å². The minimum atomic E-state index is 0.714. The van der Waals surface area contributed by atoms with Crippen LogP contribution in [0.4, 0.5) is 5.69 Å². The van der Waals surface area contributed by atoms with Crippen LogP contribution in [-0.4, -0.2) is 23.0 Å². The average Bonchev–Trinajstić information content (AvgIpc) is 2.89. The molecular weight excluding hydrogens is 290 g/mol. The highest BCUT2D eigenvalue weighted by Gasteiger charge is 2.03. The summed E-state index contributed by atoms with van der Waals surface area (Å²) in [4.78, 5) is 6.65. The second-order valence-corrected chi connectivity index (χ2v) is 6.32. The van der Waals surface area contributed by atoms with E-state index in [-0.39, 0.29) is 0 Å². The molecular formula is C15H20ClN3S. The van der Waals surface area contributed by atoms with Gasteiger partial charge in [-0.2, -0.15) is 0 Å². The highest BCUT2D eigenvalue weighted by atomic mass is 35.5. The number of anilines is 1. The molecule has 0 amide bonds. The Bertz CT molecular complexity index is 537. The summed E-state index contributed by atoms with van der Waals surface area (Å²) in [5, 5.41) is 4.40. The number of nitrogens with one attached hydrogen (secondary N) is 1. The lowest BCUT2D eigenvalue weighted by Crippen LogP contribution is -2.22. The Labute approximate surface area is 129 Å². The number of benzene rings is 1. The molecule has 5 heteroatoms. The molecule has 108 valence electrons. The molecule has 0 radical (unpaired) electrons. The van der Waals surface area contributed by atoms with Gasteiger partial charge in [0, 0.05) is 12.2 Å². The monoisotopic (exact) mass is 309 g/mol. The smallest absolute Gasteiger partial charge is 0.113 e. The number of hydrogen-bond acceptors (Lipinski definition) is 4. The van der Waals surface area contributed by atoms with E-state index >= 15 is 0 Å². The summed E-state index contributed by atoms with van der Waals surface area (Å²) in [5.74, 6) is 0. The maximum absolute atomic E-state index is 5.88. The normalized spacial score (nSPS) is 11.0. The van der Waals surface area contributed by atoms with Gasteiger partial charge in [0.2, 0.25) is 0 Å². The number of aromatic nitrogens is 1. The third kappa shape index (κ3) is 4.47. The molecule has 0 spiro atoms. The summed E-state index contributed by atoms with van der Waals surface area (Å²) in [6, 6.07) is 8.55. The predicted octanol–water partition coefficient (Wildman–Crippen LogP) is 4.25. The first-order chi connectivity index (χ1) is 9.71. The average molecular weight is 310 g/mol. The molecule has 0 unspecified atom stereocenters. The van der Waals surface area contributed by atoms with E-state index in [1.807, 2.05) is 0 Å². The minimum absolute atomic E-state index is 0.714. The van der Waals surface area contributed by atoms with Gasteiger partial charge in [0.1, 0.15) is 9.34 Å². The van der Waals surface area contributed by atoms with Crippen LogP contribution >= 0.6 is 22.9 Å². The van der Waals surface area contributed by atoms with Crippen molar-refractivity contribution in [3.63, 3.8) is 0 Å². The van der Waals surface area contributed by atoms with Crippen molar-refractivity contribution < 1.29 is 0 Å². The molecule has 0 aliphatic carbocycles. The summed E-state index contributed by atoms with van der Waals surface area (Å²) in [6.45, 7) is 8.24. The summed E-state index contributed by atoms with van der Waals surface area (Å²) >= 11 is 7.39. The first-order valence-corrected chi connectivity index (χ1v) is 8.06. The largest absolute Gasteiger partial charge is 0.379 e. The van der Waals surface area contributed by atoms with Crippen molar-refractivity contribution in [1.82, 2.24) is 9.88 Å². The standard InChI is InChI=1S/C15H20ClN3S/c1-3-19(4-2)11-12-6-5-7-13(8-12)17-10-15-18-9-14(16)20-15/h5-9,17H,3-4,10-11H2,1-2H3. The molecule has 0 saturated heterocycles. The molecule has 1 N–H and O–H groups in total. The van der Waals surface area contributed by atoms with Crippen molar-refractivity contribution in [3.05, 3.63) is 45.4 Å². The molecule has 1 heterocycles. The van der Waals surface area contributed by atoms with Crippen LogP contribution in [0.1, 0.15) is 24.4 Å². The highest BCUT2D eigenvalue weighted by Crippen LogP contribution is 2.20. The summed E-state index contributed by atoms with van der Waals surface area (Å²) < 4.78 is 0.733. The molecule has 0 saturated carbocycles. The van der Waals surface area contributed by atoms with Gasteiger partial charge in [0.25, 0.3) is 0 Å². The zero-order valence-corrected chi connectivity index (χ0v) is 13.5. The van der Waals surface area contributed by atoms with Crippen LogP contribution in [0.2, 0.25) is 4.34 Å². The van der Waals surface area contributed by atoms with Gasteiger partial charge in [-0.1, -0.05) is 37.6 Å². The van der Waals surface area contributed by atoms with E-state index in [0.29, 0.717) is 6.54 Å². The lowest BCUT2D eigenvalue weighted by Gasteiger charge is -2.18. The van der Waals surface area contributed by atoms with E-state index in [4.69, 9.17) is 11.6 Å². The molecule has 0 fully saturated rings. The van der Waals surface area contributed by atoms with Crippen molar-refractivity contribution in [2.24, 2.45) is 0 Å². The Hall–Kier alpha value is -1.10. The second kappa shape index (κ2) is 7.62. The molecule has 0 aliphatic rings. The maximum Gasteiger partial charge on any atom is 0.113 e. The van der Waals surface area contributed by atoms with Crippen LogP contribution in [0.3, 0.4) is 0 Å². The fourth-order valence-electron chi connectivity index (χ4n) is 2.03. The topological polar surface area (TPSA) is 28.2 Å². The fraction of sp³-hybridized carbons (Fsp3) is 0.400. The van der Waals surface area contributed by atoms with Gasteiger partial charge >= 0.3 is 0 Å². The molecule has 0 bridgehead atoms. The summed E-state index contributed by atoms with van der Waals surface area (Å²) in [6.07, 6.45) is 1.69. The van der Waals surface area contributed by atoms with Gasteiger partial charge in [-0.3, -0.25) is 4.90 Å². The van der Waals surface area contributed by atoms with E-state index in [9.17, 15) is 0 Å². The van der Waals surface area contributed by atoms with Crippen LogP contribution in [0, 0.1) is 0 Å². The van der Waals surface area contributed by atoms with Crippen LogP contribution in [-0.2, 0) is 13.1 Å². The van der Waals surface area contributed by atoms with E-state index in [2.05, 4.69) is 53.3 Å². The van der Waals surface area contributed by atoms with Crippen LogP contribution in [0.5, 0.6) is 0 Å². The molecule has 1 aromatic carbocycles. The van der Waals surface area contributed by atoms with Crippen molar-refractivity contribution in [1.29, 1.82) is 0 Å². The fourth-order valence-corrected chi connectivity index (χ4v) is 2.93. The van der Waals surface area contributed by atoms with Crippen molar-refractivity contribution >= 4 is 28.6 Å². The quantitative estimate of drug-likeness (QED) is 0.828. The Kier molecular flexibility index (Phi) is 5.83. The SMILES string of the molecule is CCN(CC)Cc1cccc(NCc2ncc(Cl)s2)c1. The number of halogens is 1. The molecule has 1 aromatic heterocycles. The lowest BCUT2D eigenvalue weighted by atomic mass is 10.2. The molecule has 0 aliphatic heterocycles. The zero-order chi connectivity index (χ0) is 14.4. The number of thiazole rings is 1. The van der Waals surface area contributed by atoms with Crippen LogP contribution in [0.15, 0.2) is 30.5 Å². The Balaban J connectivity index is 1.95. The van der Waals surface area contributed by atoms with Gasteiger partial charge in [-0.25, -0.2) is 4.98 Å². The van der Waals surface area contributed by atoms with Gasteiger partial charge in [0.15, 0.2) is 0 Å². The Morgan fingerprint density at radius 2 is 2.10 bits per heavy atom. The molecule has 0 atom stereocenters. The van der Waals surface area contributed by atoms with Gasteiger partial charge in [-0.05, 0) is 30.8 Å². The third-order valence-corrected chi connectivity index (χ3v) is 4.31. The maximum atomic E-state index is 5.88. The lowest BCUT2D eigenvalue weighted by molar-refractivity contribution is 0.296. The van der Waals surface area contributed by atoms with E-state index < -0.39 is 0 Å². The number of hydrogen-bond donors (Lipinski definition) is 1. The van der Waals surface area contributed by atoms with Crippen molar-refractivity contribution in [2.75, 3.05) is 18.4 Å². The highest BCUT2D eigenvalue weighted by molar-refractivity contribution is 7.15. The second-order valence-electron chi connectivity index (χ2n) is 4.57. The van der Waals surface area contributed by atoms with Crippen molar-refractivity contribution in [2.45, 2.75) is 26.9 Å². The van der Waals surface area contributed by atoms with E-state index in [1.54, 1.807) is 6.20 Å².